The number of benzene rings is 2. The van der Waals surface area contributed by atoms with Gasteiger partial charge < -0.3 is 4.57 Å². The van der Waals surface area contributed by atoms with Crippen LogP contribution in [-0.2, 0) is 13.0 Å². The van der Waals surface area contributed by atoms with Crippen LogP contribution in [0.3, 0.4) is 0 Å². The highest BCUT2D eigenvalue weighted by Gasteiger charge is 2.14. The number of nitrogens with zero attached hydrogens (tertiary/aromatic N) is 3. The Kier molecular flexibility index (Phi) is 4.46. The molecule has 0 fully saturated rings. The van der Waals surface area contributed by atoms with E-state index in [2.05, 4.69) is 35.3 Å². The Morgan fingerprint density at radius 2 is 1.77 bits per heavy atom. The number of hydrogen-bond acceptors (Lipinski definition) is 2. The summed E-state index contributed by atoms with van der Waals surface area (Å²) in [7, 11) is 0. The van der Waals surface area contributed by atoms with Crippen molar-refractivity contribution < 1.29 is 0 Å². The molecule has 3 aromatic rings. The molecule has 0 aliphatic rings. The lowest BCUT2D eigenvalue weighted by Crippen LogP contribution is -2.04. The van der Waals surface area contributed by atoms with E-state index < -0.39 is 0 Å². The van der Waals surface area contributed by atoms with Gasteiger partial charge in [-0.25, -0.2) is 0 Å². The average Bonchev–Trinajstić information content (AvgIpc) is 2.98. The van der Waals surface area contributed by atoms with Crippen molar-refractivity contribution in [3.8, 4) is 11.4 Å². The first-order valence-electron chi connectivity index (χ1n) is 7.09. The third kappa shape index (κ3) is 2.87. The molecule has 2 aromatic carbocycles. The van der Waals surface area contributed by atoms with E-state index in [9.17, 15) is 0 Å². The molecule has 5 heteroatoms. The summed E-state index contributed by atoms with van der Waals surface area (Å²) in [6.07, 6.45) is 2.71. The van der Waals surface area contributed by atoms with Crippen LogP contribution in [0.2, 0.25) is 10.0 Å². The molecule has 3 rings (SSSR count). The first-order chi connectivity index (χ1) is 10.7. The van der Waals surface area contributed by atoms with Gasteiger partial charge in [0, 0.05) is 5.56 Å². The lowest BCUT2D eigenvalue weighted by atomic mass is 10.1. The number of hydrogen-bond donors (Lipinski definition) is 0. The van der Waals surface area contributed by atoms with Crippen LogP contribution in [0.1, 0.15) is 18.1 Å². The average molecular weight is 332 g/mol. The van der Waals surface area contributed by atoms with Crippen LogP contribution < -0.4 is 0 Å². The third-order valence-corrected chi connectivity index (χ3v) is 4.47. The largest absolute Gasteiger partial charge is 0.309 e. The van der Waals surface area contributed by atoms with Gasteiger partial charge in [0.05, 0.1) is 16.6 Å². The topological polar surface area (TPSA) is 30.7 Å². The summed E-state index contributed by atoms with van der Waals surface area (Å²) in [5, 5.41) is 9.26. The summed E-state index contributed by atoms with van der Waals surface area (Å²) >= 11 is 12.4. The molecule has 0 radical (unpaired) electrons. The standard InChI is InChI=1S/C17H15Cl2N3/c1-2-12-6-3-4-7-13(12)10-22-11-20-21-17(22)14-8-5-9-15(18)16(14)19/h3-9,11H,2,10H2,1H3. The van der Waals surface area contributed by atoms with Crippen molar-refractivity contribution in [2.24, 2.45) is 0 Å². The molecule has 1 heterocycles. The monoisotopic (exact) mass is 331 g/mol. The van der Waals surface area contributed by atoms with Crippen molar-refractivity contribution >= 4 is 23.2 Å². The lowest BCUT2D eigenvalue weighted by Gasteiger charge is -2.11. The summed E-state index contributed by atoms with van der Waals surface area (Å²) in [5.74, 6) is 0.721. The maximum Gasteiger partial charge on any atom is 0.165 e. The summed E-state index contributed by atoms with van der Waals surface area (Å²) in [6.45, 7) is 2.86. The van der Waals surface area contributed by atoms with Crippen LogP contribution in [-0.4, -0.2) is 14.8 Å². The minimum absolute atomic E-state index is 0.502. The molecule has 0 saturated carbocycles. The second-order valence-corrected chi connectivity index (χ2v) is 5.79. The predicted octanol–water partition coefficient (Wildman–Crippen LogP) is 4.86. The third-order valence-electron chi connectivity index (χ3n) is 3.65. The molecule has 0 atom stereocenters. The van der Waals surface area contributed by atoms with Gasteiger partial charge in [-0.15, -0.1) is 10.2 Å². The molecule has 112 valence electrons. The van der Waals surface area contributed by atoms with E-state index in [4.69, 9.17) is 23.2 Å². The van der Waals surface area contributed by atoms with E-state index in [0.29, 0.717) is 16.6 Å². The normalized spacial score (nSPS) is 10.9. The fourth-order valence-corrected chi connectivity index (χ4v) is 2.88. The van der Waals surface area contributed by atoms with Crippen LogP contribution in [0.4, 0.5) is 0 Å². The Balaban J connectivity index is 2.01. The second-order valence-electron chi connectivity index (χ2n) is 5.01. The Morgan fingerprint density at radius 1 is 1.00 bits per heavy atom. The van der Waals surface area contributed by atoms with Gasteiger partial charge in [0.25, 0.3) is 0 Å². The van der Waals surface area contributed by atoms with E-state index in [1.54, 1.807) is 12.4 Å². The van der Waals surface area contributed by atoms with E-state index in [1.807, 2.05) is 22.8 Å². The molecule has 3 nitrogen and oxygen atoms in total. The summed E-state index contributed by atoms with van der Waals surface area (Å²) in [5.41, 5.74) is 3.36. The quantitative estimate of drug-likeness (QED) is 0.683. The van der Waals surface area contributed by atoms with Gasteiger partial charge in [0.2, 0.25) is 0 Å². The van der Waals surface area contributed by atoms with Crippen LogP contribution in [0.25, 0.3) is 11.4 Å². The summed E-state index contributed by atoms with van der Waals surface area (Å²) in [6, 6.07) is 13.9. The van der Waals surface area contributed by atoms with Crippen LogP contribution >= 0.6 is 23.2 Å². The second kappa shape index (κ2) is 6.51. The van der Waals surface area contributed by atoms with Gasteiger partial charge in [-0.05, 0) is 29.7 Å². The fraction of sp³-hybridized carbons (Fsp3) is 0.176. The van der Waals surface area contributed by atoms with Gasteiger partial charge in [0.15, 0.2) is 5.82 Å². The maximum absolute atomic E-state index is 6.31. The Labute approximate surface area is 139 Å². The molecule has 1 aromatic heterocycles. The SMILES string of the molecule is CCc1ccccc1Cn1cnnc1-c1cccc(Cl)c1Cl. The van der Waals surface area contributed by atoms with Crippen molar-refractivity contribution in [2.45, 2.75) is 19.9 Å². The van der Waals surface area contributed by atoms with Crippen molar-refractivity contribution in [2.75, 3.05) is 0 Å². The number of aromatic nitrogens is 3. The number of rotatable bonds is 4. The van der Waals surface area contributed by atoms with Crippen LogP contribution in [0.5, 0.6) is 0 Å². The molecule has 0 spiro atoms. The van der Waals surface area contributed by atoms with Crippen LogP contribution in [0, 0.1) is 0 Å². The maximum atomic E-state index is 6.31. The lowest BCUT2D eigenvalue weighted by molar-refractivity contribution is 0.792. The molecule has 0 aliphatic carbocycles. The van der Waals surface area contributed by atoms with E-state index in [1.165, 1.54) is 11.1 Å². The van der Waals surface area contributed by atoms with Gasteiger partial charge in [-0.3, -0.25) is 0 Å². The first kappa shape index (κ1) is 15.1. The Morgan fingerprint density at radius 3 is 2.55 bits per heavy atom. The molecule has 0 aliphatic heterocycles. The molecule has 0 amide bonds. The van der Waals surface area contributed by atoms with Gasteiger partial charge >= 0.3 is 0 Å². The van der Waals surface area contributed by atoms with Gasteiger partial charge in [-0.2, -0.15) is 0 Å². The molecule has 0 unspecified atom stereocenters. The van der Waals surface area contributed by atoms with E-state index in [-0.39, 0.29) is 0 Å². The molecule has 22 heavy (non-hydrogen) atoms. The zero-order valence-electron chi connectivity index (χ0n) is 12.1. The van der Waals surface area contributed by atoms with Crippen molar-refractivity contribution in [3.63, 3.8) is 0 Å². The zero-order valence-corrected chi connectivity index (χ0v) is 13.6. The number of aryl methyl sites for hydroxylation is 1. The molecule has 0 N–H and O–H groups in total. The van der Waals surface area contributed by atoms with Crippen molar-refractivity contribution in [3.05, 3.63) is 70.0 Å². The van der Waals surface area contributed by atoms with E-state index in [0.717, 1.165) is 17.8 Å². The van der Waals surface area contributed by atoms with Crippen molar-refractivity contribution in [1.29, 1.82) is 0 Å². The summed E-state index contributed by atoms with van der Waals surface area (Å²) < 4.78 is 1.99. The predicted molar refractivity (Wildman–Crippen MR) is 90.4 cm³/mol. The molecule has 0 bridgehead atoms. The Bertz CT molecular complexity index is 796. The minimum atomic E-state index is 0.502. The first-order valence-corrected chi connectivity index (χ1v) is 7.85. The molecular weight excluding hydrogens is 317 g/mol. The van der Waals surface area contributed by atoms with E-state index >= 15 is 0 Å². The highest BCUT2D eigenvalue weighted by molar-refractivity contribution is 6.43. The Hall–Kier alpha value is -1.84. The fourth-order valence-electron chi connectivity index (χ4n) is 2.50. The van der Waals surface area contributed by atoms with Gasteiger partial charge in [0.1, 0.15) is 6.33 Å². The molecule has 0 saturated heterocycles. The molecular formula is C17H15Cl2N3. The van der Waals surface area contributed by atoms with Gasteiger partial charge in [-0.1, -0.05) is 60.5 Å². The van der Waals surface area contributed by atoms with Crippen molar-refractivity contribution in [1.82, 2.24) is 14.8 Å². The highest BCUT2D eigenvalue weighted by atomic mass is 35.5. The number of halogens is 2. The smallest absolute Gasteiger partial charge is 0.165 e. The minimum Gasteiger partial charge on any atom is -0.309 e. The summed E-state index contributed by atoms with van der Waals surface area (Å²) in [4.78, 5) is 0. The van der Waals surface area contributed by atoms with Crippen LogP contribution in [0.15, 0.2) is 48.8 Å². The zero-order chi connectivity index (χ0) is 15.5. The highest BCUT2D eigenvalue weighted by Crippen LogP contribution is 2.32.